The van der Waals surface area contributed by atoms with E-state index in [-0.39, 0.29) is 17.1 Å². The average Bonchev–Trinajstić information content (AvgIpc) is 1.81. The van der Waals surface area contributed by atoms with Crippen LogP contribution in [0.25, 0.3) is 0 Å². The smallest absolute Gasteiger partial charge is 0.0319 e. The minimum absolute atomic E-state index is 0. The second-order valence-corrected chi connectivity index (χ2v) is 0. The minimum atomic E-state index is 0. The van der Waals surface area contributed by atoms with Crippen LogP contribution < -0.4 is 0 Å². The Morgan fingerprint density at radius 1 is 0.571 bits per heavy atom. The van der Waals surface area contributed by atoms with Crippen molar-refractivity contribution in [1.29, 1.82) is 0 Å². The second kappa shape index (κ2) is 1170. The number of hydrogen-bond donors (Lipinski definition) is 3. The van der Waals surface area contributed by atoms with Gasteiger partial charge in [-0.05, 0) is 0 Å². The van der Waals surface area contributed by atoms with E-state index >= 15 is 0 Å². The second-order valence-electron chi connectivity index (χ2n) is 0. The molecule has 0 aliphatic heterocycles. The molecule has 0 aromatic carbocycles. The van der Waals surface area contributed by atoms with Crippen LogP contribution >= 0.6 is 0 Å². The predicted octanol–water partition coefficient (Wildman–Crippen LogP) is -1.18. The number of rotatable bonds is 0. The first-order valence-corrected chi connectivity index (χ1v) is 1.34. The third-order valence-electron chi connectivity index (χ3n) is 0. The summed E-state index contributed by atoms with van der Waals surface area (Å²) in [6.45, 7) is 0. The molecule has 0 aliphatic rings. The summed E-state index contributed by atoms with van der Waals surface area (Å²) >= 11 is 0. The Labute approximate surface area is 54.5 Å². The van der Waals surface area contributed by atoms with Crippen LogP contribution in [0.15, 0.2) is 0 Å². The third kappa shape index (κ3) is 776. The maximum atomic E-state index is 7.00. The Morgan fingerprint density at radius 3 is 0.571 bits per heavy atom. The molecule has 0 saturated carbocycles. The molecule has 0 aromatic heterocycles. The van der Waals surface area contributed by atoms with Gasteiger partial charge in [-0.1, -0.05) is 0 Å². The maximum Gasteiger partial charge on any atom is 0.0319 e. The molecule has 0 unspecified atom stereocenters. The van der Waals surface area contributed by atoms with Crippen LogP contribution in [0.5, 0.6) is 0 Å². The van der Waals surface area contributed by atoms with Crippen molar-refractivity contribution in [3.05, 3.63) is 0 Å². The largest absolute Gasteiger partial charge is 0.400 e. The maximum absolute atomic E-state index is 7.00. The van der Waals surface area contributed by atoms with Gasteiger partial charge < -0.3 is 15.3 Å². The molecular weight excluding hydrogens is 140 g/mol. The summed E-state index contributed by atoms with van der Waals surface area (Å²) in [6.07, 6.45) is 0. The van der Waals surface area contributed by atoms with E-state index < -0.39 is 0 Å². The minimum Gasteiger partial charge on any atom is -0.400 e. The van der Waals surface area contributed by atoms with Crippen molar-refractivity contribution < 1.29 is 32.4 Å². The zero-order valence-corrected chi connectivity index (χ0v) is 5.80. The van der Waals surface area contributed by atoms with E-state index in [1.165, 1.54) is 0 Å². The van der Waals surface area contributed by atoms with Crippen molar-refractivity contribution in [3.8, 4) is 0 Å². The molecule has 0 fully saturated rings. The van der Waals surface area contributed by atoms with Gasteiger partial charge in [-0.3, -0.25) is 0 Å². The fraction of sp³-hybridized carbons (Fsp3) is 1.00. The summed E-state index contributed by atoms with van der Waals surface area (Å²) in [7, 11) is 3.00. The van der Waals surface area contributed by atoms with Crippen LogP contribution in [-0.4, -0.2) is 36.6 Å². The van der Waals surface area contributed by atoms with Crippen LogP contribution in [0.2, 0.25) is 0 Å². The van der Waals surface area contributed by atoms with Crippen LogP contribution in [0.4, 0.5) is 0 Å². The summed E-state index contributed by atoms with van der Waals surface area (Å²) in [6, 6.07) is 0. The molecule has 7 heavy (non-hydrogen) atoms. The molecule has 0 amide bonds. The normalized spacial score (nSPS) is 2.57. The molecule has 0 radical (unpaired) electrons. The fourth-order valence-corrected chi connectivity index (χ4v) is 0. The van der Waals surface area contributed by atoms with Gasteiger partial charge in [0, 0.05) is 38.4 Å². The van der Waals surface area contributed by atoms with Crippen molar-refractivity contribution in [3.63, 3.8) is 0 Å². The molecule has 3 nitrogen and oxygen atoms in total. The molecule has 0 saturated heterocycles. The summed E-state index contributed by atoms with van der Waals surface area (Å²) in [5.74, 6) is 0. The first-order valence-electron chi connectivity index (χ1n) is 1.34. The van der Waals surface area contributed by atoms with Crippen molar-refractivity contribution in [2.75, 3.05) is 21.3 Å². The standard InChI is InChI=1S/3CH4O.Fe/c3*1-2;/h3*2H,1H3;. The van der Waals surface area contributed by atoms with Crippen molar-refractivity contribution >= 4 is 0 Å². The Balaban J connectivity index is -0.00000000900. The Hall–Kier alpha value is 0.399. The third-order valence-corrected chi connectivity index (χ3v) is 0. The van der Waals surface area contributed by atoms with Gasteiger partial charge >= 0.3 is 0 Å². The predicted molar refractivity (Wildman–Crippen MR) is 24.4 cm³/mol. The van der Waals surface area contributed by atoms with Gasteiger partial charge in [0.15, 0.2) is 0 Å². The van der Waals surface area contributed by atoms with Crippen molar-refractivity contribution in [1.82, 2.24) is 0 Å². The molecule has 0 aromatic rings. The SMILES string of the molecule is CO.CO.CO.[Fe]. The van der Waals surface area contributed by atoms with Gasteiger partial charge in [0.2, 0.25) is 0 Å². The molecule has 0 spiro atoms. The molecular formula is C3H12FeO3. The monoisotopic (exact) mass is 152 g/mol. The Kier molecular flexibility index (Phi) is 4380. The summed E-state index contributed by atoms with van der Waals surface area (Å²) in [4.78, 5) is 0. The molecule has 4 heteroatoms. The van der Waals surface area contributed by atoms with Gasteiger partial charge in [0.25, 0.3) is 0 Å². The first-order chi connectivity index (χ1) is 3.00. The van der Waals surface area contributed by atoms with Gasteiger partial charge in [-0.2, -0.15) is 0 Å². The van der Waals surface area contributed by atoms with E-state index in [1.54, 1.807) is 0 Å². The van der Waals surface area contributed by atoms with Crippen molar-refractivity contribution in [2.24, 2.45) is 0 Å². The Morgan fingerprint density at radius 2 is 0.571 bits per heavy atom. The van der Waals surface area contributed by atoms with Crippen LogP contribution in [0.1, 0.15) is 0 Å². The molecule has 0 bridgehead atoms. The quantitative estimate of drug-likeness (QED) is 0.383. The Bertz CT molecular complexity index is 10.1. The molecule has 0 atom stereocenters. The number of aliphatic hydroxyl groups is 3. The topological polar surface area (TPSA) is 60.7 Å². The number of aliphatic hydroxyl groups excluding tert-OH is 3. The molecule has 50 valence electrons. The molecule has 0 heterocycles. The fourth-order valence-electron chi connectivity index (χ4n) is 0. The summed E-state index contributed by atoms with van der Waals surface area (Å²) < 4.78 is 0. The summed E-state index contributed by atoms with van der Waals surface area (Å²) in [5, 5.41) is 21.0. The number of hydrogen-bond acceptors (Lipinski definition) is 3. The molecule has 3 N–H and O–H groups in total. The van der Waals surface area contributed by atoms with E-state index in [0.29, 0.717) is 0 Å². The first kappa shape index (κ1) is 26.2. The van der Waals surface area contributed by atoms with Gasteiger partial charge in [0.05, 0.1) is 0 Å². The zero-order valence-electron chi connectivity index (χ0n) is 4.70. The van der Waals surface area contributed by atoms with Gasteiger partial charge in [-0.15, -0.1) is 0 Å². The molecule has 0 rings (SSSR count). The van der Waals surface area contributed by atoms with Crippen LogP contribution in [-0.2, 0) is 17.1 Å². The van der Waals surface area contributed by atoms with E-state index in [9.17, 15) is 0 Å². The average molecular weight is 152 g/mol. The van der Waals surface area contributed by atoms with E-state index in [2.05, 4.69) is 0 Å². The van der Waals surface area contributed by atoms with Gasteiger partial charge in [0.1, 0.15) is 0 Å². The van der Waals surface area contributed by atoms with E-state index in [1.807, 2.05) is 0 Å². The van der Waals surface area contributed by atoms with E-state index in [0.717, 1.165) is 21.3 Å². The van der Waals surface area contributed by atoms with Crippen LogP contribution in [0.3, 0.4) is 0 Å². The van der Waals surface area contributed by atoms with Gasteiger partial charge in [-0.25, -0.2) is 0 Å². The zero-order chi connectivity index (χ0) is 6.00. The molecule has 0 aliphatic carbocycles. The summed E-state index contributed by atoms with van der Waals surface area (Å²) in [5.41, 5.74) is 0. The van der Waals surface area contributed by atoms with E-state index in [4.69, 9.17) is 15.3 Å². The van der Waals surface area contributed by atoms with Crippen LogP contribution in [0, 0.1) is 0 Å². The van der Waals surface area contributed by atoms with Crippen molar-refractivity contribution in [2.45, 2.75) is 0 Å².